The van der Waals surface area contributed by atoms with E-state index < -0.39 is 0 Å². The molecule has 0 radical (unpaired) electrons. The van der Waals surface area contributed by atoms with Crippen molar-refractivity contribution in [2.24, 2.45) is 10.4 Å². The molecular formula is C2H5N5O. The van der Waals surface area contributed by atoms with Crippen LogP contribution in [0.2, 0.25) is 0 Å². The minimum Gasteiger partial charge on any atom is -0.380 e. The summed E-state index contributed by atoms with van der Waals surface area (Å²) in [5.74, 6) is 0. The largest absolute Gasteiger partial charge is 0.380 e. The maximum Gasteiger partial charge on any atom is 0.124 e. The molecule has 0 spiro atoms. The summed E-state index contributed by atoms with van der Waals surface area (Å²) in [6.07, 6.45) is 0. The predicted octanol–water partition coefficient (Wildman–Crippen LogP) is 1.26. The summed E-state index contributed by atoms with van der Waals surface area (Å²) in [7, 11) is 0. The molecule has 0 aliphatic heterocycles. The third-order valence-electron chi connectivity index (χ3n) is 0.410. The number of hydrogen-bond acceptors (Lipinski definition) is 4. The van der Waals surface area contributed by atoms with E-state index in [1.54, 1.807) is 0 Å². The molecule has 6 nitrogen and oxygen atoms in total. The lowest BCUT2D eigenvalue weighted by molar-refractivity contribution is 0.124. The maximum atomic E-state index is 7.69. The van der Waals surface area contributed by atoms with Gasteiger partial charge in [0.15, 0.2) is 0 Å². The Kier molecular flexibility index (Phi) is 4.79. The van der Waals surface area contributed by atoms with Crippen molar-refractivity contribution in [1.29, 1.82) is 5.53 Å². The molecule has 0 aliphatic carbocycles. The first-order valence-corrected chi connectivity index (χ1v) is 1.91. The highest BCUT2D eigenvalue weighted by Crippen LogP contribution is 1.75. The highest BCUT2D eigenvalue weighted by atomic mass is 16.6. The van der Waals surface area contributed by atoms with Gasteiger partial charge in [0.1, 0.15) is 6.61 Å². The zero-order valence-corrected chi connectivity index (χ0v) is 4.11. The van der Waals surface area contributed by atoms with E-state index in [1.165, 1.54) is 0 Å². The summed E-state index contributed by atoms with van der Waals surface area (Å²) in [6.45, 7) is 0.395. The Balaban J connectivity index is 2.93. The summed E-state index contributed by atoms with van der Waals surface area (Å²) in [6, 6.07) is 0. The van der Waals surface area contributed by atoms with Crippen molar-refractivity contribution in [3.63, 3.8) is 0 Å². The lowest BCUT2D eigenvalue weighted by Crippen LogP contribution is -1.88. The fraction of sp³-hybridized carbons (Fsp3) is 1.00. The zero-order valence-electron chi connectivity index (χ0n) is 4.11. The highest BCUT2D eigenvalue weighted by molar-refractivity contribution is 4.42. The van der Waals surface area contributed by atoms with Gasteiger partial charge in [0.2, 0.25) is 0 Å². The average Bonchev–Trinajstić information content (AvgIpc) is 1.81. The molecule has 44 valence electrons. The molecule has 0 rings (SSSR count). The van der Waals surface area contributed by atoms with Crippen LogP contribution in [0.15, 0.2) is 10.4 Å². The first-order chi connectivity index (χ1) is 3.91. The molecule has 0 fully saturated rings. The number of azide groups is 1. The van der Waals surface area contributed by atoms with Gasteiger partial charge in [-0.1, -0.05) is 5.11 Å². The maximum absolute atomic E-state index is 7.69. The summed E-state index contributed by atoms with van der Waals surface area (Å²) >= 11 is 0. The Morgan fingerprint density at radius 3 is 3.00 bits per heavy atom. The van der Waals surface area contributed by atoms with Gasteiger partial charge in [0.25, 0.3) is 0 Å². The first-order valence-electron chi connectivity index (χ1n) is 1.91. The van der Waals surface area contributed by atoms with E-state index in [1.807, 2.05) is 0 Å². The molecule has 0 unspecified atom stereocenters. The molecule has 0 amide bonds. The molecule has 0 aromatic heterocycles. The Bertz CT molecular complexity index is 105. The fourth-order valence-electron chi connectivity index (χ4n) is 0.172. The van der Waals surface area contributed by atoms with Crippen LogP contribution in [-0.2, 0) is 4.84 Å². The molecule has 6 heteroatoms. The van der Waals surface area contributed by atoms with Gasteiger partial charge >= 0.3 is 0 Å². The van der Waals surface area contributed by atoms with Crippen molar-refractivity contribution in [1.82, 2.24) is 0 Å². The van der Waals surface area contributed by atoms with Gasteiger partial charge in [-0.3, -0.25) is 0 Å². The van der Waals surface area contributed by atoms with Crippen LogP contribution in [0, 0.1) is 5.53 Å². The third kappa shape index (κ3) is 4.71. The summed E-state index contributed by atoms with van der Waals surface area (Å²) in [5, 5.41) is 5.70. The molecule has 0 bridgehead atoms. The van der Waals surface area contributed by atoms with E-state index in [0.29, 0.717) is 0 Å². The van der Waals surface area contributed by atoms with Crippen LogP contribution in [0.4, 0.5) is 0 Å². The normalized spacial score (nSPS) is 7.00. The van der Waals surface area contributed by atoms with E-state index >= 15 is 0 Å². The van der Waals surface area contributed by atoms with Crippen molar-refractivity contribution in [3.8, 4) is 0 Å². The van der Waals surface area contributed by atoms with Crippen molar-refractivity contribution < 1.29 is 4.84 Å². The molecule has 1 N–H and O–H groups in total. The minimum atomic E-state index is 0.174. The lowest BCUT2D eigenvalue weighted by atomic mass is 10.7. The van der Waals surface area contributed by atoms with Crippen molar-refractivity contribution >= 4 is 0 Å². The number of nitrogens with zero attached hydrogens (tertiary/aromatic N) is 4. The van der Waals surface area contributed by atoms with Crippen LogP contribution in [0.1, 0.15) is 0 Å². The Labute approximate surface area is 45.5 Å². The molecule has 0 aromatic carbocycles. The second-order valence-electron chi connectivity index (χ2n) is 0.879. The smallest absolute Gasteiger partial charge is 0.124 e. The molecular weight excluding hydrogens is 110 g/mol. The van der Waals surface area contributed by atoms with Gasteiger partial charge in [-0.2, -0.15) is 5.53 Å². The topological polar surface area (TPSA) is 94.2 Å². The zero-order chi connectivity index (χ0) is 6.24. The van der Waals surface area contributed by atoms with E-state index in [2.05, 4.69) is 20.1 Å². The fourth-order valence-corrected chi connectivity index (χ4v) is 0.172. The van der Waals surface area contributed by atoms with Crippen LogP contribution < -0.4 is 0 Å². The van der Waals surface area contributed by atoms with E-state index in [0.717, 1.165) is 0 Å². The Morgan fingerprint density at radius 1 is 1.75 bits per heavy atom. The predicted molar refractivity (Wildman–Crippen MR) is 25.1 cm³/mol. The van der Waals surface area contributed by atoms with Gasteiger partial charge in [-0.25, -0.2) is 0 Å². The second kappa shape index (κ2) is 5.71. The number of nitrogens with one attached hydrogen (secondary N) is 1. The molecule has 0 saturated carbocycles. The summed E-state index contributed by atoms with van der Waals surface area (Å²) in [5.41, 5.74) is 13.8. The minimum absolute atomic E-state index is 0.174. The molecule has 0 heterocycles. The van der Waals surface area contributed by atoms with E-state index in [-0.39, 0.29) is 13.2 Å². The van der Waals surface area contributed by atoms with Crippen LogP contribution in [0.25, 0.3) is 10.4 Å². The summed E-state index contributed by atoms with van der Waals surface area (Å²) < 4.78 is 0. The monoisotopic (exact) mass is 115 g/mol. The van der Waals surface area contributed by atoms with E-state index in [9.17, 15) is 0 Å². The van der Waals surface area contributed by atoms with Gasteiger partial charge in [-0.15, -0.1) is 0 Å². The lowest BCUT2D eigenvalue weighted by Gasteiger charge is -1.86. The SMILES string of the molecule is [N-]=[N+]=NCCON=N. The molecule has 0 aliphatic rings. The van der Waals surface area contributed by atoms with Crippen LogP contribution >= 0.6 is 0 Å². The van der Waals surface area contributed by atoms with Gasteiger partial charge in [0, 0.05) is 10.2 Å². The number of rotatable bonds is 4. The van der Waals surface area contributed by atoms with Crippen LogP contribution in [0.5, 0.6) is 0 Å². The molecule has 0 atom stereocenters. The van der Waals surface area contributed by atoms with Gasteiger partial charge in [-0.05, 0) is 5.53 Å². The molecule has 0 saturated heterocycles. The van der Waals surface area contributed by atoms with Gasteiger partial charge < -0.3 is 4.84 Å². The third-order valence-corrected chi connectivity index (χ3v) is 0.410. The average molecular weight is 115 g/mol. The highest BCUT2D eigenvalue weighted by Gasteiger charge is 1.77. The Hall–Kier alpha value is -1.29. The van der Waals surface area contributed by atoms with Crippen LogP contribution in [0.3, 0.4) is 0 Å². The van der Waals surface area contributed by atoms with Gasteiger partial charge in [0.05, 0.1) is 6.54 Å². The molecule has 0 aromatic rings. The summed E-state index contributed by atoms with van der Waals surface area (Å²) in [4.78, 5) is 6.61. The second-order valence-corrected chi connectivity index (χ2v) is 0.879. The molecule has 8 heavy (non-hydrogen) atoms. The standard InChI is InChI=1S/C2H5N5O/c3-6-5-1-2-8-7-4/h4H,1-2H2. The quantitative estimate of drug-likeness (QED) is 0.193. The van der Waals surface area contributed by atoms with Crippen LogP contribution in [-0.4, -0.2) is 13.2 Å². The Morgan fingerprint density at radius 2 is 2.50 bits per heavy atom. The van der Waals surface area contributed by atoms with Crippen molar-refractivity contribution in [3.05, 3.63) is 10.4 Å². The van der Waals surface area contributed by atoms with Crippen molar-refractivity contribution in [2.45, 2.75) is 0 Å². The first kappa shape index (κ1) is 6.71. The number of hydrogen-bond donors (Lipinski definition) is 1. The van der Waals surface area contributed by atoms with Crippen molar-refractivity contribution in [2.75, 3.05) is 13.2 Å². The van der Waals surface area contributed by atoms with E-state index in [4.69, 9.17) is 11.1 Å².